The second-order valence-corrected chi connectivity index (χ2v) is 5.68. The van der Waals surface area contributed by atoms with Gasteiger partial charge in [0, 0.05) is 18.3 Å². The summed E-state index contributed by atoms with van der Waals surface area (Å²) in [5.74, 6) is 0.647. The molecule has 146 valence electrons. The highest BCUT2D eigenvalue weighted by Crippen LogP contribution is 2.27. The average molecular weight is 404 g/mol. The smallest absolute Gasteiger partial charge is 0.231 e. The summed E-state index contributed by atoms with van der Waals surface area (Å²) in [5.41, 5.74) is 6.01. The van der Waals surface area contributed by atoms with E-state index in [-0.39, 0.29) is 30.7 Å². The number of nitrogens with one attached hydrogen (secondary N) is 1. The Labute approximate surface area is 166 Å². The molecule has 0 radical (unpaired) electrons. The van der Waals surface area contributed by atoms with Gasteiger partial charge in [-0.2, -0.15) is 5.10 Å². The fraction of sp³-hybridized carbons (Fsp3) is 0.471. The van der Waals surface area contributed by atoms with Crippen molar-refractivity contribution in [2.24, 2.45) is 11.1 Å². The lowest BCUT2D eigenvalue weighted by molar-refractivity contribution is -0.125. The van der Waals surface area contributed by atoms with Gasteiger partial charge in [-0.3, -0.25) is 4.79 Å². The zero-order valence-electron chi connectivity index (χ0n) is 15.1. The Morgan fingerprint density at radius 2 is 2.04 bits per heavy atom. The number of hydrogen-bond donors (Lipinski definition) is 2. The van der Waals surface area contributed by atoms with Crippen LogP contribution < -0.4 is 15.8 Å². The van der Waals surface area contributed by atoms with Crippen LogP contribution in [0.2, 0.25) is 0 Å². The van der Waals surface area contributed by atoms with Crippen molar-refractivity contribution < 1.29 is 9.53 Å². The van der Waals surface area contributed by atoms with Crippen LogP contribution in [0.25, 0.3) is 0 Å². The molecule has 0 aliphatic heterocycles. The molecular formula is C17H27Cl2N5O2. The zero-order valence-corrected chi connectivity index (χ0v) is 16.7. The van der Waals surface area contributed by atoms with Crippen LogP contribution in [0.15, 0.2) is 36.9 Å². The molecule has 0 spiro atoms. The lowest BCUT2D eigenvalue weighted by Crippen LogP contribution is -2.41. The Morgan fingerprint density at radius 3 is 2.62 bits per heavy atom. The highest BCUT2D eigenvalue weighted by molar-refractivity contribution is 5.95. The molecule has 2 aromatic rings. The van der Waals surface area contributed by atoms with Gasteiger partial charge in [0.05, 0.1) is 12.0 Å². The zero-order chi connectivity index (χ0) is 17.4. The molecule has 1 heterocycles. The average Bonchev–Trinajstić information content (AvgIpc) is 3.11. The molecule has 0 aliphatic carbocycles. The molecule has 1 aromatic carbocycles. The van der Waals surface area contributed by atoms with Gasteiger partial charge in [-0.15, -0.1) is 24.8 Å². The summed E-state index contributed by atoms with van der Waals surface area (Å²) in [4.78, 5) is 16.4. The fourth-order valence-corrected chi connectivity index (χ4v) is 2.49. The second-order valence-electron chi connectivity index (χ2n) is 5.68. The Hall–Kier alpha value is -1.83. The number of halogens is 2. The van der Waals surface area contributed by atoms with Crippen LogP contribution in [-0.2, 0) is 11.3 Å². The summed E-state index contributed by atoms with van der Waals surface area (Å²) < 4.78 is 7.40. The number of carbonyl (C=O) groups excluding carboxylic acids is 1. The largest absolute Gasteiger partial charge is 0.492 e. The summed E-state index contributed by atoms with van der Waals surface area (Å²) in [5, 5.41) is 6.97. The number of nitrogens with zero attached hydrogens (tertiary/aromatic N) is 3. The molecule has 0 saturated heterocycles. The Kier molecular flexibility index (Phi) is 10.9. The molecule has 26 heavy (non-hydrogen) atoms. The van der Waals surface area contributed by atoms with Crippen molar-refractivity contribution in [3.8, 4) is 5.75 Å². The van der Waals surface area contributed by atoms with Gasteiger partial charge < -0.3 is 15.8 Å². The molecule has 0 aliphatic rings. The quantitative estimate of drug-likeness (QED) is 0.670. The third-order valence-electron chi connectivity index (χ3n) is 4.37. The van der Waals surface area contributed by atoms with Gasteiger partial charge in [0.1, 0.15) is 25.0 Å². The van der Waals surface area contributed by atoms with Crippen molar-refractivity contribution in [2.75, 3.05) is 18.5 Å². The Morgan fingerprint density at radius 1 is 1.31 bits per heavy atom. The van der Waals surface area contributed by atoms with Crippen LogP contribution in [0.3, 0.4) is 0 Å². The molecule has 1 aromatic heterocycles. The number of carbonyl (C=O) groups is 1. The number of rotatable bonds is 9. The number of anilines is 1. The molecule has 0 atom stereocenters. The van der Waals surface area contributed by atoms with Gasteiger partial charge in [0.25, 0.3) is 0 Å². The molecule has 3 N–H and O–H groups in total. The first-order valence-electron chi connectivity index (χ1n) is 8.20. The maximum absolute atomic E-state index is 12.6. The summed E-state index contributed by atoms with van der Waals surface area (Å²) in [7, 11) is 0. The number of aromatic nitrogens is 3. The van der Waals surface area contributed by atoms with Gasteiger partial charge in [-0.1, -0.05) is 19.9 Å². The Balaban J connectivity index is 0.00000312. The molecule has 1 amide bonds. The maximum Gasteiger partial charge on any atom is 0.231 e. The molecule has 7 nitrogen and oxygen atoms in total. The third kappa shape index (κ3) is 6.16. The van der Waals surface area contributed by atoms with E-state index in [2.05, 4.69) is 15.4 Å². The van der Waals surface area contributed by atoms with E-state index in [1.54, 1.807) is 11.0 Å². The fourth-order valence-electron chi connectivity index (χ4n) is 2.49. The minimum absolute atomic E-state index is 0. The van der Waals surface area contributed by atoms with Crippen LogP contribution in [0.4, 0.5) is 5.69 Å². The summed E-state index contributed by atoms with van der Waals surface area (Å²) in [6, 6.07) is 7.36. The molecule has 2 rings (SSSR count). The number of ether oxygens (including phenoxy) is 1. The van der Waals surface area contributed by atoms with Crippen LogP contribution >= 0.6 is 24.8 Å². The number of nitrogens with two attached hydrogens (primary N) is 1. The second kappa shape index (κ2) is 11.7. The van der Waals surface area contributed by atoms with E-state index in [4.69, 9.17) is 10.5 Å². The van der Waals surface area contributed by atoms with Crippen LogP contribution in [-0.4, -0.2) is 33.8 Å². The van der Waals surface area contributed by atoms with Crippen molar-refractivity contribution in [1.29, 1.82) is 0 Å². The highest BCUT2D eigenvalue weighted by atomic mass is 35.5. The lowest BCUT2D eigenvalue weighted by Gasteiger charge is -2.28. The first-order chi connectivity index (χ1) is 11.6. The predicted molar refractivity (Wildman–Crippen MR) is 107 cm³/mol. The van der Waals surface area contributed by atoms with Gasteiger partial charge >= 0.3 is 0 Å². The molecule has 9 heteroatoms. The van der Waals surface area contributed by atoms with Crippen LogP contribution in [0.5, 0.6) is 5.75 Å². The summed E-state index contributed by atoms with van der Waals surface area (Å²) in [6.45, 7) is 5.38. The lowest BCUT2D eigenvalue weighted by atomic mass is 9.81. The van der Waals surface area contributed by atoms with E-state index in [0.717, 1.165) is 0 Å². The van der Waals surface area contributed by atoms with Crippen LogP contribution in [0, 0.1) is 5.41 Å². The minimum atomic E-state index is -0.524. The predicted octanol–water partition coefficient (Wildman–Crippen LogP) is 2.90. The highest BCUT2D eigenvalue weighted by Gasteiger charge is 2.33. The Bertz CT molecular complexity index is 640. The van der Waals surface area contributed by atoms with Crippen LogP contribution in [0.1, 0.15) is 26.7 Å². The topological polar surface area (TPSA) is 95.1 Å². The van der Waals surface area contributed by atoms with E-state index in [1.807, 2.05) is 38.1 Å². The van der Waals surface area contributed by atoms with E-state index in [9.17, 15) is 4.79 Å². The normalized spacial score (nSPS) is 10.4. The monoisotopic (exact) mass is 403 g/mol. The maximum atomic E-state index is 12.6. The number of benzene rings is 1. The van der Waals surface area contributed by atoms with Gasteiger partial charge in [0.15, 0.2) is 0 Å². The molecule has 0 fully saturated rings. The minimum Gasteiger partial charge on any atom is -0.492 e. The molecule has 0 bridgehead atoms. The standard InChI is InChI=1S/C17H25N5O2.2ClH/c1-3-17(4-2,11-18)16(23)21-14-6-5-7-15(10-14)24-9-8-22-13-19-12-20-22;;/h5-7,10,12-13H,3-4,8-9,11,18H2,1-2H3,(H,21,23);2*1H. The number of amides is 1. The van der Waals surface area contributed by atoms with Gasteiger partial charge in [-0.05, 0) is 25.0 Å². The van der Waals surface area contributed by atoms with E-state index < -0.39 is 5.41 Å². The first kappa shape index (κ1) is 24.2. The SMILES string of the molecule is CCC(CC)(CN)C(=O)Nc1cccc(OCCn2cncn2)c1.Cl.Cl. The van der Waals surface area contributed by atoms with Crippen molar-refractivity contribution in [3.63, 3.8) is 0 Å². The van der Waals surface area contributed by atoms with E-state index in [0.29, 0.717) is 44.0 Å². The van der Waals surface area contributed by atoms with Crippen molar-refractivity contribution >= 4 is 36.4 Å². The van der Waals surface area contributed by atoms with Gasteiger partial charge in [-0.25, -0.2) is 9.67 Å². The van der Waals surface area contributed by atoms with E-state index in [1.165, 1.54) is 6.33 Å². The first-order valence-corrected chi connectivity index (χ1v) is 8.20. The van der Waals surface area contributed by atoms with Crippen molar-refractivity contribution in [1.82, 2.24) is 14.8 Å². The molecule has 0 unspecified atom stereocenters. The van der Waals surface area contributed by atoms with Crippen molar-refractivity contribution in [3.05, 3.63) is 36.9 Å². The van der Waals surface area contributed by atoms with E-state index >= 15 is 0 Å². The number of hydrogen-bond acceptors (Lipinski definition) is 5. The molecule has 0 saturated carbocycles. The summed E-state index contributed by atoms with van der Waals surface area (Å²) in [6.07, 6.45) is 4.54. The van der Waals surface area contributed by atoms with Gasteiger partial charge in [0.2, 0.25) is 5.91 Å². The third-order valence-corrected chi connectivity index (χ3v) is 4.37. The summed E-state index contributed by atoms with van der Waals surface area (Å²) >= 11 is 0. The molecular weight excluding hydrogens is 377 g/mol. The van der Waals surface area contributed by atoms with Crippen molar-refractivity contribution in [2.45, 2.75) is 33.2 Å².